The molecule has 94 valence electrons. The molecule has 0 saturated carbocycles. The molecule has 18 heavy (non-hydrogen) atoms. The number of rotatable bonds is 5. The van der Waals surface area contributed by atoms with E-state index in [0.717, 1.165) is 5.56 Å². The first-order chi connectivity index (χ1) is 8.79. The van der Waals surface area contributed by atoms with Gasteiger partial charge in [0.25, 0.3) is 0 Å². The quantitative estimate of drug-likeness (QED) is 0.821. The van der Waals surface area contributed by atoms with Gasteiger partial charge in [-0.15, -0.1) is 0 Å². The fraction of sp³-hybridized carbons (Fsp3) is 0.214. The van der Waals surface area contributed by atoms with Crippen LogP contribution in [-0.2, 0) is 11.3 Å². The summed E-state index contributed by atoms with van der Waals surface area (Å²) in [4.78, 5) is 4.10. The van der Waals surface area contributed by atoms with Crippen LogP contribution < -0.4 is 4.74 Å². The SMILES string of the molecule is COC(O)c1ccc(OCc2ccccc2)nc1. The Kier molecular flexibility index (Phi) is 4.28. The predicted molar refractivity (Wildman–Crippen MR) is 67.0 cm³/mol. The summed E-state index contributed by atoms with van der Waals surface area (Å²) in [5, 5.41) is 9.43. The Morgan fingerprint density at radius 2 is 1.94 bits per heavy atom. The van der Waals surface area contributed by atoms with Crippen LogP contribution in [-0.4, -0.2) is 17.2 Å². The van der Waals surface area contributed by atoms with Crippen molar-refractivity contribution in [1.29, 1.82) is 0 Å². The molecule has 0 aliphatic rings. The zero-order valence-corrected chi connectivity index (χ0v) is 10.1. The Balaban J connectivity index is 1.94. The Bertz CT molecular complexity index is 470. The minimum atomic E-state index is -0.944. The Hall–Kier alpha value is -1.91. The van der Waals surface area contributed by atoms with Crippen molar-refractivity contribution in [3.8, 4) is 5.88 Å². The van der Waals surface area contributed by atoms with E-state index in [1.165, 1.54) is 13.3 Å². The van der Waals surface area contributed by atoms with Crippen molar-refractivity contribution in [3.05, 3.63) is 59.8 Å². The van der Waals surface area contributed by atoms with E-state index in [-0.39, 0.29) is 0 Å². The fourth-order valence-electron chi connectivity index (χ4n) is 1.49. The molecular formula is C14H15NO3. The van der Waals surface area contributed by atoms with Gasteiger partial charge in [0, 0.05) is 24.9 Å². The van der Waals surface area contributed by atoms with Crippen LogP contribution in [0, 0.1) is 0 Å². The van der Waals surface area contributed by atoms with Gasteiger partial charge in [0.05, 0.1) is 0 Å². The third kappa shape index (κ3) is 3.29. The molecule has 1 heterocycles. The van der Waals surface area contributed by atoms with Gasteiger partial charge in [-0.3, -0.25) is 0 Å². The fourth-order valence-corrected chi connectivity index (χ4v) is 1.49. The summed E-state index contributed by atoms with van der Waals surface area (Å²) in [6, 6.07) is 13.3. The van der Waals surface area contributed by atoms with E-state index in [2.05, 4.69) is 4.98 Å². The molecule has 1 aromatic carbocycles. The highest BCUT2D eigenvalue weighted by atomic mass is 16.6. The lowest BCUT2D eigenvalue weighted by molar-refractivity contribution is -0.0771. The number of aliphatic hydroxyl groups excluding tert-OH is 1. The number of aromatic nitrogens is 1. The zero-order valence-electron chi connectivity index (χ0n) is 10.1. The molecule has 1 atom stereocenters. The van der Waals surface area contributed by atoms with Crippen LogP contribution in [0.3, 0.4) is 0 Å². The van der Waals surface area contributed by atoms with E-state index in [9.17, 15) is 5.11 Å². The standard InChI is InChI=1S/C14H15NO3/c1-17-14(16)12-7-8-13(15-9-12)18-10-11-5-3-2-4-6-11/h2-9,14,16H,10H2,1H3. The van der Waals surface area contributed by atoms with Crippen LogP contribution in [0.4, 0.5) is 0 Å². The van der Waals surface area contributed by atoms with Gasteiger partial charge >= 0.3 is 0 Å². The molecule has 1 N–H and O–H groups in total. The summed E-state index contributed by atoms with van der Waals surface area (Å²) in [7, 11) is 1.44. The van der Waals surface area contributed by atoms with Crippen LogP contribution in [0.5, 0.6) is 5.88 Å². The van der Waals surface area contributed by atoms with Gasteiger partial charge in [-0.1, -0.05) is 30.3 Å². The first kappa shape index (κ1) is 12.5. The smallest absolute Gasteiger partial charge is 0.213 e. The van der Waals surface area contributed by atoms with Gasteiger partial charge in [-0.2, -0.15) is 0 Å². The number of pyridine rings is 1. The van der Waals surface area contributed by atoms with E-state index in [1.807, 2.05) is 30.3 Å². The van der Waals surface area contributed by atoms with Gasteiger partial charge in [-0.05, 0) is 11.6 Å². The monoisotopic (exact) mass is 245 g/mol. The maximum Gasteiger partial charge on any atom is 0.213 e. The Morgan fingerprint density at radius 3 is 2.56 bits per heavy atom. The molecule has 0 saturated heterocycles. The van der Waals surface area contributed by atoms with Crippen molar-refractivity contribution in [3.63, 3.8) is 0 Å². The number of hydrogen-bond donors (Lipinski definition) is 1. The predicted octanol–water partition coefficient (Wildman–Crippen LogP) is 2.30. The molecular weight excluding hydrogens is 230 g/mol. The highest BCUT2D eigenvalue weighted by Gasteiger charge is 2.06. The number of ether oxygens (including phenoxy) is 2. The van der Waals surface area contributed by atoms with Crippen LogP contribution in [0.2, 0.25) is 0 Å². The van der Waals surface area contributed by atoms with E-state index in [4.69, 9.17) is 9.47 Å². The van der Waals surface area contributed by atoms with E-state index < -0.39 is 6.29 Å². The van der Waals surface area contributed by atoms with E-state index in [1.54, 1.807) is 12.1 Å². The molecule has 2 aromatic rings. The topological polar surface area (TPSA) is 51.6 Å². The van der Waals surface area contributed by atoms with Crippen molar-refractivity contribution < 1.29 is 14.6 Å². The minimum Gasteiger partial charge on any atom is -0.473 e. The first-order valence-electron chi connectivity index (χ1n) is 5.63. The Morgan fingerprint density at radius 1 is 1.17 bits per heavy atom. The summed E-state index contributed by atoms with van der Waals surface area (Å²) in [5.74, 6) is 0.519. The average molecular weight is 245 g/mol. The van der Waals surface area contributed by atoms with Crippen LogP contribution in [0.25, 0.3) is 0 Å². The molecule has 0 aliphatic heterocycles. The number of methoxy groups -OCH3 is 1. The molecule has 0 radical (unpaired) electrons. The lowest BCUT2D eigenvalue weighted by Gasteiger charge is -2.09. The molecule has 0 spiro atoms. The number of nitrogens with zero attached hydrogens (tertiary/aromatic N) is 1. The molecule has 4 heteroatoms. The largest absolute Gasteiger partial charge is 0.473 e. The third-order valence-electron chi connectivity index (χ3n) is 2.50. The Labute approximate surface area is 106 Å². The van der Waals surface area contributed by atoms with E-state index in [0.29, 0.717) is 18.1 Å². The summed E-state index contributed by atoms with van der Waals surface area (Å²) in [6.45, 7) is 0.472. The lowest BCUT2D eigenvalue weighted by atomic mass is 10.2. The van der Waals surface area contributed by atoms with Crippen molar-refractivity contribution >= 4 is 0 Å². The molecule has 0 fully saturated rings. The lowest BCUT2D eigenvalue weighted by Crippen LogP contribution is -2.01. The van der Waals surface area contributed by atoms with Gasteiger partial charge in [0.15, 0.2) is 6.29 Å². The first-order valence-corrected chi connectivity index (χ1v) is 5.63. The van der Waals surface area contributed by atoms with Gasteiger partial charge in [-0.25, -0.2) is 4.98 Å². The maximum atomic E-state index is 9.43. The third-order valence-corrected chi connectivity index (χ3v) is 2.50. The number of aliphatic hydroxyl groups is 1. The van der Waals surface area contributed by atoms with Gasteiger partial charge < -0.3 is 14.6 Å². The summed E-state index contributed by atoms with van der Waals surface area (Å²) >= 11 is 0. The van der Waals surface area contributed by atoms with Crippen molar-refractivity contribution in [2.45, 2.75) is 12.9 Å². The summed E-state index contributed by atoms with van der Waals surface area (Å²) < 4.78 is 10.3. The van der Waals surface area contributed by atoms with Crippen molar-refractivity contribution in [2.75, 3.05) is 7.11 Å². The molecule has 1 unspecified atom stereocenters. The highest BCUT2D eigenvalue weighted by molar-refractivity contribution is 5.20. The second-order valence-corrected chi connectivity index (χ2v) is 3.79. The zero-order chi connectivity index (χ0) is 12.8. The molecule has 0 amide bonds. The van der Waals surface area contributed by atoms with Crippen molar-refractivity contribution in [2.24, 2.45) is 0 Å². The summed E-state index contributed by atoms with van der Waals surface area (Å²) in [5.41, 5.74) is 1.69. The van der Waals surface area contributed by atoms with Crippen molar-refractivity contribution in [1.82, 2.24) is 4.98 Å². The normalized spacial score (nSPS) is 12.1. The van der Waals surface area contributed by atoms with Crippen LogP contribution in [0.1, 0.15) is 17.4 Å². The molecule has 2 rings (SSSR count). The van der Waals surface area contributed by atoms with Gasteiger partial charge in [0.2, 0.25) is 5.88 Å². The molecule has 4 nitrogen and oxygen atoms in total. The second kappa shape index (κ2) is 6.14. The maximum absolute atomic E-state index is 9.43. The second-order valence-electron chi connectivity index (χ2n) is 3.79. The highest BCUT2D eigenvalue weighted by Crippen LogP contribution is 2.15. The van der Waals surface area contributed by atoms with Gasteiger partial charge in [0.1, 0.15) is 6.61 Å². The molecule has 0 aliphatic carbocycles. The molecule has 0 bridgehead atoms. The van der Waals surface area contributed by atoms with Crippen LogP contribution in [0.15, 0.2) is 48.7 Å². The summed E-state index contributed by atoms with van der Waals surface area (Å²) in [6.07, 6.45) is 0.592. The number of benzene rings is 1. The minimum absolute atomic E-state index is 0.472. The van der Waals surface area contributed by atoms with E-state index >= 15 is 0 Å². The average Bonchev–Trinajstić information content (AvgIpc) is 2.46. The van der Waals surface area contributed by atoms with Crippen LogP contribution >= 0.6 is 0 Å². The molecule has 1 aromatic heterocycles. The number of hydrogen-bond acceptors (Lipinski definition) is 4.